The summed E-state index contributed by atoms with van der Waals surface area (Å²) in [6.45, 7) is 5.75. The van der Waals surface area contributed by atoms with Gasteiger partial charge < -0.3 is 10.2 Å². The third-order valence-electron chi connectivity index (χ3n) is 7.19. The lowest BCUT2D eigenvalue weighted by atomic mass is 9.97. The number of benzene rings is 1. The molecule has 5 rings (SSSR count). The van der Waals surface area contributed by atoms with Crippen molar-refractivity contribution in [2.24, 2.45) is 5.92 Å². The van der Waals surface area contributed by atoms with Gasteiger partial charge in [-0.15, -0.1) is 10.2 Å². The predicted molar refractivity (Wildman–Crippen MR) is 150 cm³/mol. The Morgan fingerprint density at radius 3 is 2.52 bits per heavy atom. The molecule has 1 aliphatic heterocycles. The topological polar surface area (TPSA) is 114 Å². The number of halogens is 4. The highest BCUT2D eigenvalue weighted by atomic mass is 79.9. The molecule has 0 radical (unpaired) electrons. The Balaban J connectivity index is 1.64. The first-order chi connectivity index (χ1) is 19.8. The SMILES string of the molecule is CNC(=O)c1ccc(-n2c(=O)c3c(n4ncc(CC(C)C)c24)CN(C(=O)c2ccc(Br)c(C(F)(F)F)c2)C(C)C3)nn1. The molecule has 4 heterocycles. The molecule has 1 unspecified atom stereocenters. The summed E-state index contributed by atoms with van der Waals surface area (Å²) in [6.07, 6.45) is -2.26. The van der Waals surface area contributed by atoms with Gasteiger partial charge in [0.2, 0.25) is 0 Å². The second-order valence-electron chi connectivity index (χ2n) is 10.6. The molecule has 1 aliphatic rings. The molecule has 3 aromatic heterocycles. The first-order valence-corrected chi connectivity index (χ1v) is 14.0. The first-order valence-electron chi connectivity index (χ1n) is 13.2. The van der Waals surface area contributed by atoms with Crippen LogP contribution >= 0.6 is 15.9 Å². The number of nitrogens with one attached hydrogen (secondary N) is 1. The maximum absolute atomic E-state index is 14.1. The number of aromatic nitrogens is 5. The Kier molecular flexibility index (Phi) is 7.68. The van der Waals surface area contributed by atoms with E-state index in [9.17, 15) is 27.6 Å². The maximum Gasteiger partial charge on any atom is 0.417 e. The van der Waals surface area contributed by atoms with Gasteiger partial charge in [0.15, 0.2) is 11.5 Å². The van der Waals surface area contributed by atoms with E-state index in [4.69, 9.17) is 0 Å². The van der Waals surface area contributed by atoms with Crippen molar-refractivity contribution in [1.29, 1.82) is 0 Å². The fourth-order valence-electron chi connectivity index (χ4n) is 5.19. The molecule has 14 heteroatoms. The Hall–Kier alpha value is -4.07. The molecular formula is C28H27BrF3N7O3. The van der Waals surface area contributed by atoms with Crippen LogP contribution in [0, 0.1) is 5.92 Å². The molecule has 42 heavy (non-hydrogen) atoms. The van der Waals surface area contributed by atoms with Crippen molar-refractivity contribution in [3.63, 3.8) is 0 Å². The van der Waals surface area contributed by atoms with Crippen molar-refractivity contribution in [2.45, 2.75) is 52.4 Å². The number of hydrogen-bond donors (Lipinski definition) is 1. The second kappa shape index (κ2) is 11.0. The molecule has 0 aliphatic carbocycles. The summed E-state index contributed by atoms with van der Waals surface area (Å²) in [5.41, 5.74) is 0.741. The van der Waals surface area contributed by atoms with Gasteiger partial charge in [-0.05, 0) is 56.0 Å². The van der Waals surface area contributed by atoms with Gasteiger partial charge in [0.1, 0.15) is 5.65 Å². The molecule has 0 fully saturated rings. The van der Waals surface area contributed by atoms with E-state index in [-0.39, 0.29) is 46.0 Å². The van der Waals surface area contributed by atoms with E-state index in [0.717, 1.165) is 11.6 Å². The van der Waals surface area contributed by atoms with Crippen LogP contribution in [0.1, 0.15) is 64.0 Å². The molecule has 1 aromatic carbocycles. The largest absolute Gasteiger partial charge is 0.417 e. The van der Waals surface area contributed by atoms with Crippen LogP contribution in [-0.2, 0) is 25.6 Å². The van der Waals surface area contributed by atoms with Gasteiger partial charge in [0.05, 0.1) is 24.0 Å². The Bertz CT molecular complexity index is 1760. The zero-order valence-electron chi connectivity index (χ0n) is 23.2. The molecule has 10 nitrogen and oxygen atoms in total. The number of carbonyl (C=O) groups excluding carboxylic acids is 2. The summed E-state index contributed by atoms with van der Waals surface area (Å²) < 4.78 is 43.5. The van der Waals surface area contributed by atoms with Crippen LogP contribution in [0.4, 0.5) is 13.2 Å². The molecule has 0 saturated carbocycles. The van der Waals surface area contributed by atoms with Crippen molar-refractivity contribution in [3.8, 4) is 5.82 Å². The van der Waals surface area contributed by atoms with Gasteiger partial charge in [-0.3, -0.25) is 14.4 Å². The van der Waals surface area contributed by atoms with Crippen molar-refractivity contribution in [1.82, 2.24) is 34.6 Å². The summed E-state index contributed by atoms with van der Waals surface area (Å²) in [4.78, 5) is 41.1. The smallest absolute Gasteiger partial charge is 0.354 e. The zero-order valence-corrected chi connectivity index (χ0v) is 24.7. The van der Waals surface area contributed by atoms with Crippen LogP contribution < -0.4 is 10.9 Å². The van der Waals surface area contributed by atoms with E-state index in [0.29, 0.717) is 23.3 Å². The summed E-state index contributed by atoms with van der Waals surface area (Å²) in [5, 5.41) is 15.2. The first kappa shape index (κ1) is 29.4. The van der Waals surface area contributed by atoms with Gasteiger partial charge in [-0.1, -0.05) is 29.8 Å². The highest BCUT2D eigenvalue weighted by molar-refractivity contribution is 9.10. The van der Waals surface area contributed by atoms with E-state index >= 15 is 0 Å². The van der Waals surface area contributed by atoms with E-state index in [1.165, 1.54) is 40.8 Å². The summed E-state index contributed by atoms with van der Waals surface area (Å²) in [7, 11) is 1.47. The second-order valence-corrected chi connectivity index (χ2v) is 11.5. The molecule has 1 N–H and O–H groups in total. The van der Waals surface area contributed by atoms with Crippen LogP contribution in [0.3, 0.4) is 0 Å². The fraction of sp³-hybridized carbons (Fsp3) is 0.357. The molecule has 0 saturated heterocycles. The Labute approximate surface area is 246 Å². The maximum atomic E-state index is 14.1. The predicted octanol–water partition coefficient (Wildman–Crippen LogP) is 4.20. The van der Waals surface area contributed by atoms with E-state index in [1.807, 2.05) is 13.8 Å². The highest BCUT2D eigenvalue weighted by Gasteiger charge is 2.36. The monoisotopic (exact) mass is 645 g/mol. The number of carbonyl (C=O) groups is 2. The van der Waals surface area contributed by atoms with Crippen LogP contribution in [0.25, 0.3) is 11.5 Å². The van der Waals surface area contributed by atoms with Gasteiger partial charge in [0, 0.05) is 34.3 Å². The number of amides is 2. The molecule has 4 aromatic rings. The number of nitrogens with zero attached hydrogens (tertiary/aromatic N) is 6. The van der Waals surface area contributed by atoms with Crippen molar-refractivity contribution in [3.05, 3.63) is 85.0 Å². The van der Waals surface area contributed by atoms with Gasteiger partial charge in [-0.25, -0.2) is 9.08 Å². The molecule has 1 atom stereocenters. The fourth-order valence-corrected chi connectivity index (χ4v) is 5.66. The minimum absolute atomic E-state index is 0.0383. The molecular weight excluding hydrogens is 619 g/mol. The number of fused-ring (bicyclic) bond motifs is 3. The lowest BCUT2D eigenvalue weighted by molar-refractivity contribution is -0.138. The van der Waals surface area contributed by atoms with Crippen molar-refractivity contribution >= 4 is 33.4 Å². The van der Waals surface area contributed by atoms with Crippen LogP contribution in [0.5, 0.6) is 0 Å². The lowest BCUT2D eigenvalue weighted by Crippen LogP contribution is -2.46. The van der Waals surface area contributed by atoms with Crippen molar-refractivity contribution < 1.29 is 22.8 Å². The van der Waals surface area contributed by atoms with Crippen LogP contribution in [0.2, 0.25) is 0 Å². The molecule has 2 amide bonds. The molecule has 0 bridgehead atoms. The zero-order chi connectivity index (χ0) is 30.5. The van der Waals surface area contributed by atoms with Gasteiger partial charge in [0.25, 0.3) is 17.4 Å². The minimum Gasteiger partial charge on any atom is -0.354 e. The number of rotatable bonds is 5. The van der Waals surface area contributed by atoms with E-state index in [2.05, 4.69) is 36.5 Å². The van der Waals surface area contributed by atoms with E-state index in [1.54, 1.807) is 17.6 Å². The van der Waals surface area contributed by atoms with Gasteiger partial charge in [-0.2, -0.15) is 18.3 Å². The summed E-state index contributed by atoms with van der Waals surface area (Å²) in [6, 6.07) is 5.88. The van der Waals surface area contributed by atoms with Crippen molar-refractivity contribution in [2.75, 3.05) is 7.05 Å². The standard InChI is InChI=1S/C28H27BrF3N7O3/c1-14(2)9-17-12-34-39-22-13-37(26(41)16-5-6-20(29)19(11-16)28(30,31)32)15(3)10-18(22)27(42)38(25(17)39)23-8-7-21(35-36-23)24(40)33-4/h5-8,11-12,14-15H,9-10,13H2,1-4H3,(H,33,40). The average molecular weight is 646 g/mol. The van der Waals surface area contributed by atoms with Crippen LogP contribution in [-0.4, -0.2) is 54.2 Å². The third-order valence-corrected chi connectivity index (χ3v) is 7.88. The third kappa shape index (κ3) is 5.19. The van der Waals surface area contributed by atoms with Gasteiger partial charge >= 0.3 is 6.18 Å². The quantitative estimate of drug-likeness (QED) is 0.348. The Morgan fingerprint density at radius 1 is 1.17 bits per heavy atom. The number of alkyl halides is 3. The average Bonchev–Trinajstić information content (AvgIpc) is 3.34. The highest BCUT2D eigenvalue weighted by Crippen LogP contribution is 2.36. The van der Waals surface area contributed by atoms with Crippen LogP contribution in [0.15, 0.2) is 45.8 Å². The summed E-state index contributed by atoms with van der Waals surface area (Å²) in [5.74, 6) is -0.591. The van der Waals surface area contributed by atoms with E-state index < -0.39 is 29.6 Å². The molecule has 0 spiro atoms. The Morgan fingerprint density at radius 2 is 1.90 bits per heavy atom. The number of hydrogen-bond acceptors (Lipinski definition) is 6. The normalized spacial score (nSPS) is 15.3. The molecule has 220 valence electrons. The summed E-state index contributed by atoms with van der Waals surface area (Å²) >= 11 is 2.92. The lowest BCUT2D eigenvalue weighted by Gasteiger charge is -2.35. The minimum atomic E-state index is -4.64.